The summed E-state index contributed by atoms with van der Waals surface area (Å²) in [5.74, 6) is 0. The lowest BCUT2D eigenvalue weighted by molar-refractivity contribution is -0.182. The Balaban J connectivity index is 2.09. The van der Waals surface area contributed by atoms with E-state index in [2.05, 4.69) is 11.8 Å². The summed E-state index contributed by atoms with van der Waals surface area (Å²) in [6.45, 7) is 7.86. The van der Waals surface area contributed by atoms with Crippen LogP contribution >= 0.6 is 0 Å². The molecule has 0 aromatic carbocycles. The first-order chi connectivity index (χ1) is 5.86. The fourth-order valence-corrected chi connectivity index (χ4v) is 1.34. The molecule has 0 bridgehead atoms. The molecule has 0 radical (unpaired) electrons. The third kappa shape index (κ3) is 3.06. The van der Waals surface area contributed by atoms with E-state index in [1.165, 1.54) is 0 Å². The third-order valence-electron chi connectivity index (χ3n) is 2.14. The largest absolute Gasteiger partial charge is 0.394 e. The molecule has 1 aliphatic heterocycles. The SMILES string of the molecule is CCN1CCN(OCCO)CC1. The molecule has 1 aliphatic rings. The summed E-state index contributed by atoms with van der Waals surface area (Å²) < 4.78 is 0. The molecule has 0 unspecified atom stereocenters. The molecule has 0 aromatic rings. The predicted octanol–water partition coefficient (Wildman–Crippen LogP) is -0.452. The van der Waals surface area contributed by atoms with Crippen LogP contribution < -0.4 is 0 Å². The minimum absolute atomic E-state index is 0.105. The molecule has 1 fully saturated rings. The van der Waals surface area contributed by atoms with Gasteiger partial charge >= 0.3 is 0 Å². The molecule has 0 amide bonds. The fraction of sp³-hybridized carbons (Fsp3) is 1.00. The van der Waals surface area contributed by atoms with E-state index < -0.39 is 0 Å². The van der Waals surface area contributed by atoms with Gasteiger partial charge in [-0.05, 0) is 6.54 Å². The molecule has 1 saturated heterocycles. The van der Waals surface area contributed by atoms with Crippen LogP contribution in [-0.4, -0.2) is 61.0 Å². The highest BCUT2D eigenvalue weighted by Crippen LogP contribution is 2.00. The van der Waals surface area contributed by atoms with Gasteiger partial charge in [-0.15, -0.1) is 0 Å². The molecule has 4 heteroatoms. The molecule has 0 aliphatic carbocycles. The summed E-state index contributed by atoms with van der Waals surface area (Å²) in [6.07, 6.45) is 0. The van der Waals surface area contributed by atoms with E-state index in [0.717, 1.165) is 32.7 Å². The van der Waals surface area contributed by atoms with Crippen LogP contribution in [-0.2, 0) is 4.84 Å². The van der Waals surface area contributed by atoms with Gasteiger partial charge in [-0.3, -0.25) is 4.84 Å². The van der Waals surface area contributed by atoms with Gasteiger partial charge in [0.2, 0.25) is 0 Å². The van der Waals surface area contributed by atoms with Gasteiger partial charge in [0.15, 0.2) is 0 Å². The van der Waals surface area contributed by atoms with Crippen LogP contribution in [0.3, 0.4) is 0 Å². The molecular formula is C8H18N2O2. The molecule has 72 valence electrons. The maximum absolute atomic E-state index is 8.53. The molecule has 12 heavy (non-hydrogen) atoms. The summed E-state index contributed by atoms with van der Waals surface area (Å²) in [4.78, 5) is 7.67. The molecule has 0 atom stereocenters. The minimum Gasteiger partial charge on any atom is -0.394 e. The van der Waals surface area contributed by atoms with E-state index in [9.17, 15) is 0 Å². The summed E-state index contributed by atoms with van der Waals surface area (Å²) in [5, 5.41) is 10.5. The van der Waals surface area contributed by atoms with Crippen molar-refractivity contribution >= 4 is 0 Å². The van der Waals surface area contributed by atoms with Gasteiger partial charge < -0.3 is 10.0 Å². The van der Waals surface area contributed by atoms with Crippen molar-refractivity contribution < 1.29 is 9.94 Å². The topological polar surface area (TPSA) is 35.9 Å². The second-order valence-electron chi connectivity index (χ2n) is 2.92. The van der Waals surface area contributed by atoms with E-state index in [0.29, 0.717) is 6.61 Å². The van der Waals surface area contributed by atoms with Gasteiger partial charge in [0.05, 0.1) is 13.2 Å². The van der Waals surface area contributed by atoms with E-state index >= 15 is 0 Å². The van der Waals surface area contributed by atoms with Gasteiger partial charge in [-0.2, -0.15) is 5.06 Å². The van der Waals surface area contributed by atoms with E-state index in [-0.39, 0.29) is 6.61 Å². The van der Waals surface area contributed by atoms with Crippen LogP contribution in [0.2, 0.25) is 0 Å². The molecule has 0 aromatic heterocycles. The first-order valence-corrected chi connectivity index (χ1v) is 4.58. The van der Waals surface area contributed by atoms with Crippen molar-refractivity contribution in [3.8, 4) is 0 Å². The van der Waals surface area contributed by atoms with Crippen molar-refractivity contribution in [2.45, 2.75) is 6.92 Å². The van der Waals surface area contributed by atoms with Crippen LogP contribution in [0, 0.1) is 0 Å². The number of piperazine rings is 1. The zero-order valence-corrected chi connectivity index (χ0v) is 7.70. The van der Waals surface area contributed by atoms with E-state index in [1.54, 1.807) is 0 Å². The van der Waals surface area contributed by atoms with Gasteiger partial charge in [-0.1, -0.05) is 6.92 Å². The summed E-state index contributed by atoms with van der Waals surface area (Å²) in [7, 11) is 0. The number of hydrogen-bond donors (Lipinski definition) is 1. The van der Waals surface area contributed by atoms with E-state index in [4.69, 9.17) is 9.94 Å². The summed E-state index contributed by atoms with van der Waals surface area (Å²) in [6, 6.07) is 0. The highest BCUT2D eigenvalue weighted by Gasteiger charge is 2.14. The number of likely N-dealkylation sites (N-methyl/N-ethyl adjacent to an activating group) is 1. The lowest BCUT2D eigenvalue weighted by atomic mass is 10.4. The molecule has 1 rings (SSSR count). The van der Waals surface area contributed by atoms with Crippen molar-refractivity contribution in [1.29, 1.82) is 0 Å². The number of aliphatic hydroxyl groups excluding tert-OH is 1. The molecule has 0 saturated carbocycles. The van der Waals surface area contributed by atoms with Crippen LogP contribution in [0.1, 0.15) is 6.92 Å². The zero-order chi connectivity index (χ0) is 8.81. The standard InChI is InChI=1S/C8H18N2O2/c1-2-9-3-5-10(6-4-9)12-8-7-11/h11H,2-8H2,1H3. The lowest BCUT2D eigenvalue weighted by Crippen LogP contribution is -2.46. The molecule has 4 nitrogen and oxygen atoms in total. The number of nitrogens with zero attached hydrogens (tertiary/aromatic N) is 2. The number of hydroxylamine groups is 2. The van der Waals surface area contributed by atoms with Crippen molar-refractivity contribution in [2.75, 3.05) is 45.9 Å². The van der Waals surface area contributed by atoms with Crippen LogP contribution in [0.4, 0.5) is 0 Å². The summed E-state index contributed by atoms with van der Waals surface area (Å²) >= 11 is 0. The van der Waals surface area contributed by atoms with Crippen molar-refractivity contribution in [1.82, 2.24) is 9.96 Å². The molecular weight excluding hydrogens is 156 g/mol. The Labute approximate surface area is 73.7 Å². The maximum Gasteiger partial charge on any atom is 0.0916 e. The third-order valence-corrected chi connectivity index (χ3v) is 2.14. The smallest absolute Gasteiger partial charge is 0.0916 e. The van der Waals surface area contributed by atoms with Crippen LogP contribution in [0.5, 0.6) is 0 Å². The Kier molecular flexibility index (Phi) is 4.53. The van der Waals surface area contributed by atoms with Crippen molar-refractivity contribution in [3.05, 3.63) is 0 Å². The highest BCUT2D eigenvalue weighted by atomic mass is 16.7. The Morgan fingerprint density at radius 2 is 1.92 bits per heavy atom. The van der Waals surface area contributed by atoms with E-state index in [1.807, 2.05) is 5.06 Å². The van der Waals surface area contributed by atoms with Crippen LogP contribution in [0.15, 0.2) is 0 Å². The number of aliphatic hydroxyl groups is 1. The minimum atomic E-state index is 0.105. The average Bonchev–Trinajstić information content (AvgIpc) is 2.15. The second kappa shape index (κ2) is 5.48. The van der Waals surface area contributed by atoms with Gasteiger partial charge in [-0.25, -0.2) is 0 Å². The Hall–Kier alpha value is -0.160. The van der Waals surface area contributed by atoms with Crippen molar-refractivity contribution in [2.24, 2.45) is 0 Å². The zero-order valence-electron chi connectivity index (χ0n) is 7.70. The maximum atomic E-state index is 8.53. The quantitative estimate of drug-likeness (QED) is 0.626. The van der Waals surface area contributed by atoms with Gasteiger partial charge in [0.25, 0.3) is 0 Å². The Bertz CT molecular complexity index is 114. The normalized spacial score (nSPS) is 21.5. The molecule has 1 N–H and O–H groups in total. The van der Waals surface area contributed by atoms with Gasteiger partial charge in [0.1, 0.15) is 0 Å². The average molecular weight is 174 g/mol. The fourth-order valence-electron chi connectivity index (χ4n) is 1.34. The first-order valence-electron chi connectivity index (χ1n) is 4.58. The predicted molar refractivity (Wildman–Crippen MR) is 46.7 cm³/mol. The van der Waals surface area contributed by atoms with Crippen LogP contribution in [0.25, 0.3) is 0 Å². The Morgan fingerprint density at radius 1 is 1.25 bits per heavy atom. The summed E-state index contributed by atoms with van der Waals surface area (Å²) in [5.41, 5.74) is 0. The molecule has 0 spiro atoms. The lowest BCUT2D eigenvalue weighted by Gasteiger charge is -2.32. The number of rotatable bonds is 4. The number of hydrogen-bond acceptors (Lipinski definition) is 4. The highest BCUT2D eigenvalue weighted by molar-refractivity contribution is 4.65. The Morgan fingerprint density at radius 3 is 2.42 bits per heavy atom. The molecule has 1 heterocycles. The van der Waals surface area contributed by atoms with Crippen molar-refractivity contribution in [3.63, 3.8) is 0 Å². The van der Waals surface area contributed by atoms with Gasteiger partial charge in [0, 0.05) is 26.2 Å². The second-order valence-corrected chi connectivity index (χ2v) is 2.92. The monoisotopic (exact) mass is 174 g/mol. The first kappa shape index (κ1) is 9.92.